The lowest BCUT2D eigenvalue weighted by molar-refractivity contribution is 0.163. The maximum absolute atomic E-state index is 5.67. The monoisotopic (exact) mass is 324 g/mol. The number of pyridine rings is 1. The summed E-state index contributed by atoms with van der Waals surface area (Å²) in [5.41, 5.74) is 6.65. The van der Waals surface area contributed by atoms with Gasteiger partial charge in [0.1, 0.15) is 11.6 Å². The van der Waals surface area contributed by atoms with Crippen LogP contribution < -0.4 is 20.7 Å². The van der Waals surface area contributed by atoms with Crippen LogP contribution in [0.3, 0.4) is 0 Å². The molecule has 1 aromatic heterocycles. The van der Waals surface area contributed by atoms with Crippen molar-refractivity contribution in [3.05, 3.63) is 12.3 Å². The standard InChI is InChI=1S/C12H20N4O2.2ClH/c1-17-8-9-7-16(4-3-14-9)10-6-15-12(13)5-11(10)18-2;;/h5-6,9,14H,3-4,7-8H2,1-2H3,(H2,13,15);2*1H. The third-order valence-corrected chi connectivity index (χ3v) is 3.05. The van der Waals surface area contributed by atoms with Crippen molar-refractivity contribution in [2.24, 2.45) is 0 Å². The number of halogens is 2. The summed E-state index contributed by atoms with van der Waals surface area (Å²) in [6, 6.07) is 2.08. The molecule has 2 rings (SSSR count). The molecular formula is C12H22Cl2N4O2. The number of aromatic nitrogens is 1. The molecule has 0 aliphatic carbocycles. The molecule has 1 atom stereocenters. The molecule has 6 nitrogen and oxygen atoms in total. The first kappa shape index (κ1) is 19.1. The van der Waals surface area contributed by atoms with Crippen LogP contribution in [0, 0.1) is 0 Å². The van der Waals surface area contributed by atoms with Gasteiger partial charge in [-0.15, -0.1) is 24.8 Å². The zero-order valence-corrected chi connectivity index (χ0v) is 13.3. The average Bonchev–Trinajstić information content (AvgIpc) is 2.39. The number of nitrogens with two attached hydrogens (primary N) is 1. The van der Waals surface area contributed by atoms with Gasteiger partial charge in [-0.3, -0.25) is 0 Å². The minimum absolute atomic E-state index is 0. The molecule has 0 saturated carbocycles. The van der Waals surface area contributed by atoms with Gasteiger partial charge in [0.05, 0.1) is 25.6 Å². The first-order valence-corrected chi connectivity index (χ1v) is 6.01. The van der Waals surface area contributed by atoms with Gasteiger partial charge in [0.2, 0.25) is 0 Å². The highest BCUT2D eigenvalue weighted by Gasteiger charge is 2.22. The highest BCUT2D eigenvalue weighted by atomic mass is 35.5. The smallest absolute Gasteiger partial charge is 0.147 e. The molecule has 1 saturated heterocycles. The number of nitrogens with one attached hydrogen (secondary N) is 1. The predicted molar refractivity (Wildman–Crippen MR) is 85.6 cm³/mol. The molecule has 0 aromatic carbocycles. The van der Waals surface area contributed by atoms with Crippen LogP contribution in [0.2, 0.25) is 0 Å². The number of hydrogen-bond donors (Lipinski definition) is 2. The Kier molecular flexibility index (Phi) is 8.64. The van der Waals surface area contributed by atoms with Gasteiger partial charge in [-0.05, 0) is 0 Å². The Morgan fingerprint density at radius 3 is 2.85 bits per heavy atom. The van der Waals surface area contributed by atoms with E-state index in [9.17, 15) is 0 Å². The molecule has 0 bridgehead atoms. The normalized spacial score (nSPS) is 17.9. The van der Waals surface area contributed by atoms with Crippen molar-refractivity contribution in [1.29, 1.82) is 0 Å². The van der Waals surface area contributed by atoms with Crippen molar-refractivity contribution in [2.75, 3.05) is 51.1 Å². The maximum Gasteiger partial charge on any atom is 0.147 e. The summed E-state index contributed by atoms with van der Waals surface area (Å²) in [7, 11) is 3.36. The van der Waals surface area contributed by atoms with Crippen LogP contribution in [0.4, 0.5) is 11.5 Å². The van der Waals surface area contributed by atoms with E-state index in [1.54, 1.807) is 26.5 Å². The van der Waals surface area contributed by atoms with E-state index < -0.39 is 0 Å². The zero-order valence-electron chi connectivity index (χ0n) is 11.7. The van der Waals surface area contributed by atoms with Crippen molar-refractivity contribution in [3.8, 4) is 5.75 Å². The van der Waals surface area contributed by atoms with Crippen LogP contribution in [0.1, 0.15) is 0 Å². The number of nitrogens with zero attached hydrogens (tertiary/aromatic N) is 2. The number of ether oxygens (including phenoxy) is 2. The van der Waals surface area contributed by atoms with Gasteiger partial charge in [0.15, 0.2) is 0 Å². The summed E-state index contributed by atoms with van der Waals surface area (Å²) in [6.45, 7) is 3.40. The Hall–Kier alpha value is -0.950. The molecule has 0 spiro atoms. The van der Waals surface area contributed by atoms with Gasteiger partial charge in [-0.2, -0.15) is 0 Å². The third-order valence-electron chi connectivity index (χ3n) is 3.05. The molecule has 116 valence electrons. The van der Waals surface area contributed by atoms with Crippen molar-refractivity contribution in [2.45, 2.75) is 6.04 Å². The van der Waals surface area contributed by atoms with Gasteiger partial charge in [-0.1, -0.05) is 0 Å². The average molecular weight is 325 g/mol. The van der Waals surface area contributed by atoms with Crippen LogP contribution in [0.15, 0.2) is 12.3 Å². The number of hydrogen-bond acceptors (Lipinski definition) is 6. The lowest BCUT2D eigenvalue weighted by Gasteiger charge is -2.35. The van der Waals surface area contributed by atoms with E-state index in [4.69, 9.17) is 15.2 Å². The van der Waals surface area contributed by atoms with Crippen molar-refractivity contribution in [1.82, 2.24) is 10.3 Å². The number of nitrogen functional groups attached to an aromatic ring is 1. The molecule has 1 aromatic rings. The molecular weight excluding hydrogens is 303 g/mol. The molecule has 0 radical (unpaired) electrons. The van der Waals surface area contributed by atoms with E-state index in [0.29, 0.717) is 18.5 Å². The van der Waals surface area contributed by atoms with Gasteiger partial charge in [-0.25, -0.2) is 4.98 Å². The molecule has 1 aliphatic heterocycles. The Bertz CT molecular complexity index is 407. The van der Waals surface area contributed by atoms with Crippen molar-refractivity contribution < 1.29 is 9.47 Å². The quantitative estimate of drug-likeness (QED) is 0.858. The molecule has 8 heteroatoms. The maximum atomic E-state index is 5.67. The predicted octanol–water partition coefficient (Wildman–Crippen LogP) is 0.941. The summed E-state index contributed by atoms with van der Waals surface area (Å²) in [6.07, 6.45) is 1.77. The second kappa shape index (κ2) is 9.07. The fourth-order valence-electron chi connectivity index (χ4n) is 2.20. The fraction of sp³-hybridized carbons (Fsp3) is 0.583. The van der Waals surface area contributed by atoms with E-state index in [-0.39, 0.29) is 24.8 Å². The third kappa shape index (κ3) is 4.56. The number of anilines is 2. The van der Waals surface area contributed by atoms with Gasteiger partial charge in [0, 0.05) is 38.9 Å². The van der Waals surface area contributed by atoms with Crippen molar-refractivity contribution >= 4 is 36.3 Å². The first-order valence-electron chi connectivity index (χ1n) is 6.01. The summed E-state index contributed by atoms with van der Waals surface area (Å²) in [4.78, 5) is 6.38. The Morgan fingerprint density at radius 1 is 1.45 bits per heavy atom. The van der Waals surface area contributed by atoms with Gasteiger partial charge in [0.25, 0.3) is 0 Å². The molecule has 0 amide bonds. The van der Waals surface area contributed by atoms with Crippen molar-refractivity contribution in [3.63, 3.8) is 0 Å². The van der Waals surface area contributed by atoms with E-state index in [0.717, 1.165) is 31.1 Å². The lowest BCUT2D eigenvalue weighted by atomic mass is 10.2. The second-order valence-corrected chi connectivity index (χ2v) is 4.33. The minimum atomic E-state index is 0. The van der Waals surface area contributed by atoms with Crippen LogP contribution in [0.5, 0.6) is 5.75 Å². The highest BCUT2D eigenvalue weighted by molar-refractivity contribution is 5.85. The summed E-state index contributed by atoms with van der Waals surface area (Å²) >= 11 is 0. The van der Waals surface area contributed by atoms with E-state index in [1.807, 2.05) is 0 Å². The number of rotatable bonds is 4. The Balaban J connectivity index is 0.00000180. The number of piperazine rings is 1. The fourth-order valence-corrected chi connectivity index (χ4v) is 2.20. The Labute approximate surface area is 131 Å². The van der Waals surface area contributed by atoms with Crippen LogP contribution in [-0.4, -0.2) is 51.5 Å². The molecule has 2 heterocycles. The number of methoxy groups -OCH3 is 2. The van der Waals surface area contributed by atoms with Crippen LogP contribution in [0.25, 0.3) is 0 Å². The molecule has 1 unspecified atom stereocenters. The molecule has 1 fully saturated rings. The molecule has 20 heavy (non-hydrogen) atoms. The van der Waals surface area contributed by atoms with Gasteiger partial charge >= 0.3 is 0 Å². The van der Waals surface area contributed by atoms with Crippen LogP contribution >= 0.6 is 24.8 Å². The second-order valence-electron chi connectivity index (χ2n) is 4.33. The summed E-state index contributed by atoms with van der Waals surface area (Å²) in [5.74, 6) is 1.24. The summed E-state index contributed by atoms with van der Waals surface area (Å²) < 4.78 is 10.5. The first-order chi connectivity index (χ1) is 8.74. The van der Waals surface area contributed by atoms with Crippen LogP contribution in [-0.2, 0) is 4.74 Å². The zero-order chi connectivity index (χ0) is 13.0. The highest BCUT2D eigenvalue weighted by Crippen LogP contribution is 2.29. The topological polar surface area (TPSA) is 72.6 Å². The van der Waals surface area contributed by atoms with E-state index in [1.165, 1.54) is 0 Å². The van der Waals surface area contributed by atoms with Gasteiger partial charge < -0.3 is 25.4 Å². The SMILES string of the molecule is COCC1CN(c2cnc(N)cc2OC)CCN1.Cl.Cl. The Morgan fingerprint density at radius 2 is 2.20 bits per heavy atom. The van der Waals surface area contributed by atoms with E-state index >= 15 is 0 Å². The summed E-state index contributed by atoms with van der Waals surface area (Å²) in [5, 5.41) is 3.42. The lowest BCUT2D eigenvalue weighted by Crippen LogP contribution is -2.52. The molecule has 3 N–H and O–H groups in total. The molecule has 1 aliphatic rings. The minimum Gasteiger partial charge on any atom is -0.494 e. The largest absolute Gasteiger partial charge is 0.494 e. The van der Waals surface area contributed by atoms with E-state index in [2.05, 4.69) is 15.2 Å².